The number of aryl methyl sites for hydroxylation is 1. The number of halogens is 1. The van der Waals surface area contributed by atoms with E-state index < -0.39 is 0 Å². The molecule has 1 aromatic carbocycles. The second-order valence-corrected chi connectivity index (χ2v) is 6.07. The third-order valence-corrected chi connectivity index (χ3v) is 4.72. The lowest BCUT2D eigenvalue weighted by Crippen LogP contribution is -2.16. The van der Waals surface area contributed by atoms with Gasteiger partial charge in [-0.25, -0.2) is 0 Å². The fourth-order valence-corrected chi connectivity index (χ4v) is 3.62. The van der Waals surface area contributed by atoms with Crippen molar-refractivity contribution in [1.82, 2.24) is 10.2 Å². The van der Waals surface area contributed by atoms with E-state index in [-0.39, 0.29) is 11.8 Å². The highest BCUT2D eigenvalue weighted by Crippen LogP contribution is 2.60. The van der Waals surface area contributed by atoms with Crippen molar-refractivity contribution < 1.29 is 4.79 Å². The van der Waals surface area contributed by atoms with Crippen LogP contribution >= 0.6 is 11.6 Å². The van der Waals surface area contributed by atoms with Gasteiger partial charge in [0.2, 0.25) is 5.91 Å². The molecule has 1 N–H and O–H groups in total. The Morgan fingerprint density at radius 2 is 2.05 bits per heavy atom. The molecule has 5 heteroatoms. The second kappa shape index (κ2) is 4.81. The molecule has 0 saturated heterocycles. The normalized spacial score (nSPS) is 25.7. The average molecular weight is 300 g/mol. The Kier molecular flexibility index (Phi) is 2.93. The van der Waals surface area contributed by atoms with Crippen LogP contribution in [0.4, 0.5) is 5.82 Å². The highest BCUT2D eigenvalue weighted by Gasteiger charge is 2.56. The average Bonchev–Trinajstić information content (AvgIpc) is 3.25. The van der Waals surface area contributed by atoms with Gasteiger partial charge in [0.15, 0.2) is 11.0 Å². The van der Waals surface area contributed by atoms with Crippen molar-refractivity contribution in [3.8, 4) is 0 Å². The summed E-state index contributed by atoms with van der Waals surface area (Å²) in [6.07, 6.45) is 2.16. The molecule has 2 aliphatic rings. The molecule has 3 unspecified atom stereocenters. The number of benzene rings is 1. The summed E-state index contributed by atoms with van der Waals surface area (Å²) in [7, 11) is 0. The lowest BCUT2D eigenvalue weighted by molar-refractivity contribution is -0.117. The quantitative estimate of drug-likeness (QED) is 0.927. The molecule has 1 heterocycles. The Bertz CT molecular complexity index is 701. The molecule has 1 amide bonds. The van der Waals surface area contributed by atoms with Crippen LogP contribution in [-0.4, -0.2) is 16.1 Å². The number of hydrogen-bond donors (Lipinski definition) is 1. The van der Waals surface area contributed by atoms with Crippen LogP contribution in [-0.2, 0) is 11.2 Å². The highest BCUT2D eigenvalue weighted by molar-refractivity contribution is 6.29. The van der Waals surface area contributed by atoms with Crippen molar-refractivity contribution in [2.24, 2.45) is 11.8 Å². The number of nitrogens with one attached hydrogen (secondary N) is 1. The van der Waals surface area contributed by atoms with Crippen molar-refractivity contribution in [3.63, 3.8) is 0 Å². The topological polar surface area (TPSA) is 54.9 Å². The Hall–Kier alpha value is -1.94. The lowest BCUT2D eigenvalue weighted by Gasteiger charge is -2.13. The van der Waals surface area contributed by atoms with Gasteiger partial charge in [0.25, 0.3) is 0 Å². The molecule has 1 fully saturated rings. The summed E-state index contributed by atoms with van der Waals surface area (Å²) < 4.78 is 0. The number of aromatic nitrogens is 2. The molecular weight excluding hydrogens is 286 g/mol. The van der Waals surface area contributed by atoms with Crippen LogP contribution in [0.1, 0.15) is 23.5 Å². The Morgan fingerprint density at radius 3 is 2.86 bits per heavy atom. The zero-order valence-corrected chi connectivity index (χ0v) is 12.0. The lowest BCUT2D eigenvalue weighted by atomic mass is 9.92. The summed E-state index contributed by atoms with van der Waals surface area (Å²) in [4.78, 5) is 12.4. The van der Waals surface area contributed by atoms with E-state index in [4.69, 9.17) is 11.6 Å². The molecule has 4 nitrogen and oxygen atoms in total. The minimum absolute atomic E-state index is 0.0401. The predicted octanol–water partition coefficient (Wildman–Crippen LogP) is 3.04. The summed E-state index contributed by atoms with van der Waals surface area (Å²) in [5, 5.41) is 10.8. The number of hydrogen-bond acceptors (Lipinski definition) is 3. The maximum atomic E-state index is 12.4. The Morgan fingerprint density at radius 1 is 1.19 bits per heavy atom. The van der Waals surface area contributed by atoms with Crippen LogP contribution in [0, 0.1) is 11.8 Å². The molecule has 2 aliphatic carbocycles. The van der Waals surface area contributed by atoms with Crippen molar-refractivity contribution in [2.45, 2.75) is 18.8 Å². The molecule has 21 heavy (non-hydrogen) atoms. The zero-order chi connectivity index (χ0) is 14.4. The van der Waals surface area contributed by atoms with E-state index >= 15 is 0 Å². The molecule has 0 bridgehead atoms. The number of carbonyl (C=O) groups is 1. The van der Waals surface area contributed by atoms with Gasteiger partial charge in [0, 0.05) is 5.92 Å². The van der Waals surface area contributed by atoms with Gasteiger partial charge in [-0.1, -0.05) is 35.9 Å². The first-order valence-electron chi connectivity index (χ1n) is 7.12. The molecular formula is C16H14ClN3O. The van der Waals surface area contributed by atoms with Gasteiger partial charge in [0.1, 0.15) is 0 Å². The summed E-state index contributed by atoms with van der Waals surface area (Å²) in [6.45, 7) is 0. The standard InChI is InChI=1S/C16H14ClN3O/c17-12-7-8-13(20-19-12)18-16(21)15-11-6-5-9-3-1-2-4-10(9)14(11)15/h1-4,7-8,11,14-15H,5-6H2,(H,18,20,21). The summed E-state index contributed by atoms with van der Waals surface area (Å²) in [5.41, 5.74) is 2.73. The first-order valence-corrected chi connectivity index (χ1v) is 7.50. The van der Waals surface area contributed by atoms with E-state index in [9.17, 15) is 4.79 Å². The zero-order valence-electron chi connectivity index (χ0n) is 11.3. The molecule has 2 aromatic rings. The molecule has 1 saturated carbocycles. The van der Waals surface area contributed by atoms with E-state index in [2.05, 4.69) is 39.8 Å². The smallest absolute Gasteiger partial charge is 0.229 e. The highest BCUT2D eigenvalue weighted by atomic mass is 35.5. The van der Waals surface area contributed by atoms with Crippen molar-refractivity contribution in [3.05, 3.63) is 52.7 Å². The van der Waals surface area contributed by atoms with E-state index in [1.807, 2.05) is 0 Å². The largest absolute Gasteiger partial charge is 0.309 e. The van der Waals surface area contributed by atoms with E-state index in [1.165, 1.54) is 11.1 Å². The van der Waals surface area contributed by atoms with Gasteiger partial charge in [0.05, 0.1) is 0 Å². The number of anilines is 1. The SMILES string of the molecule is O=C(Nc1ccc(Cl)nn1)C1C2CCc3ccccc3C21. The van der Waals surface area contributed by atoms with Crippen molar-refractivity contribution >= 4 is 23.3 Å². The molecule has 0 spiro atoms. The maximum absolute atomic E-state index is 12.4. The molecule has 3 atom stereocenters. The van der Waals surface area contributed by atoms with Gasteiger partial charge in [-0.15, -0.1) is 10.2 Å². The molecule has 1 aromatic heterocycles. The van der Waals surface area contributed by atoms with E-state index in [1.54, 1.807) is 12.1 Å². The Labute approximate surface area is 127 Å². The molecule has 0 radical (unpaired) electrons. The molecule has 106 valence electrons. The van der Waals surface area contributed by atoms with E-state index in [0.29, 0.717) is 22.8 Å². The molecule has 4 rings (SSSR count). The third-order valence-electron chi connectivity index (χ3n) is 4.52. The first kappa shape index (κ1) is 12.8. The van der Waals surface area contributed by atoms with Gasteiger partial charge in [-0.3, -0.25) is 4.79 Å². The minimum atomic E-state index is 0.0401. The first-order chi connectivity index (χ1) is 10.2. The van der Waals surface area contributed by atoms with Gasteiger partial charge < -0.3 is 5.32 Å². The summed E-state index contributed by atoms with van der Waals surface area (Å²) >= 11 is 5.69. The van der Waals surface area contributed by atoms with Crippen LogP contribution in [0.3, 0.4) is 0 Å². The van der Waals surface area contributed by atoms with Gasteiger partial charge in [-0.2, -0.15) is 0 Å². The van der Waals surface area contributed by atoms with Crippen LogP contribution < -0.4 is 5.32 Å². The predicted molar refractivity (Wildman–Crippen MR) is 80.2 cm³/mol. The number of fused-ring (bicyclic) bond motifs is 3. The molecule has 0 aliphatic heterocycles. The van der Waals surface area contributed by atoms with Crippen LogP contribution in [0.5, 0.6) is 0 Å². The fraction of sp³-hybridized carbons (Fsp3) is 0.312. The monoisotopic (exact) mass is 299 g/mol. The van der Waals surface area contributed by atoms with Gasteiger partial charge >= 0.3 is 0 Å². The Balaban J connectivity index is 1.52. The second-order valence-electron chi connectivity index (χ2n) is 5.68. The maximum Gasteiger partial charge on any atom is 0.229 e. The summed E-state index contributed by atoms with van der Waals surface area (Å²) in [5.74, 6) is 1.40. The minimum Gasteiger partial charge on any atom is -0.309 e. The number of nitrogens with zero attached hydrogens (tertiary/aromatic N) is 2. The number of rotatable bonds is 2. The van der Waals surface area contributed by atoms with E-state index in [0.717, 1.165) is 12.8 Å². The number of carbonyl (C=O) groups excluding carboxylic acids is 1. The van der Waals surface area contributed by atoms with Crippen LogP contribution in [0.2, 0.25) is 5.15 Å². The number of amides is 1. The fourth-order valence-electron chi connectivity index (χ4n) is 3.52. The summed E-state index contributed by atoms with van der Waals surface area (Å²) in [6, 6.07) is 11.7. The van der Waals surface area contributed by atoms with Gasteiger partial charge in [-0.05, 0) is 47.9 Å². The van der Waals surface area contributed by atoms with Crippen LogP contribution in [0.15, 0.2) is 36.4 Å². The van der Waals surface area contributed by atoms with Crippen molar-refractivity contribution in [2.75, 3.05) is 5.32 Å². The van der Waals surface area contributed by atoms with Crippen molar-refractivity contribution in [1.29, 1.82) is 0 Å². The third kappa shape index (κ3) is 2.20. The van der Waals surface area contributed by atoms with Crippen LogP contribution in [0.25, 0.3) is 0 Å².